The van der Waals surface area contributed by atoms with Gasteiger partial charge >= 0.3 is 15.6 Å². The summed E-state index contributed by atoms with van der Waals surface area (Å²) in [7, 11) is -1.86. The Balaban J connectivity index is 0.000000561. The molecule has 0 fully saturated rings. The summed E-state index contributed by atoms with van der Waals surface area (Å²) in [5.41, 5.74) is -4.91. The van der Waals surface area contributed by atoms with E-state index in [0.717, 1.165) is 12.3 Å². The van der Waals surface area contributed by atoms with Gasteiger partial charge in [-0.25, -0.2) is 0 Å². The maximum absolute atomic E-state index is 11.2. The van der Waals surface area contributed by atoms with E-state index in [9.17, 15) is 18.0 Å². The molecule has 0 aliphatic carbocycles. The second-order valence-electron chi connectivity index (χ2n) is 4.65. The first kappa shape index (κ1) is 22.6. The normalized spacial score (nSPS) is 11.7. The third-order valence-electron chi connectivity index (χ3n) is 2.40. The monoisotopic (exact) mass is 391 g/mol. The molecule has 11 heteroatoms. The van der Waals surface area contributed by atoms with Crippen molar-refractivity contribution in [3.8, 4) is 5.75 Å². The van der Waals surface area contributed by atoms with Gasteiger partial charge in [0.1, 0.15) is 12.4 Å². The van der Waals surface area contributed by atoms with Crippen molar-refractivity contribution in [2.24, 2.45) is 0 Å². The van der Waals surface area contributed by atoms with E-state index in [1.165, 1.54) is 0 Å². The molecule has 1 aromatic carbocycles. The van der Waals surface area contributed by atoms with E-state index in [2.05, 4.69) is 0 Å². The van der Waals surface area contributed by atoms with Gasteiger partial charge in [-0.3, -0.25) is 9.35 Å². The highest BCUT2D eigenvalue weighted by Gasteiger charge is 2.44. The molecule has 0 aliphatic heterocycles. The zero-order valence-corrected chi connectivity index (χ0v) is 14.5. The maximum Gasteiger partial charge on any atom is 0.522 e. The average molecular weight is 392 g/mol. The average Bonchev–Trinajstić information content (AvgIpc) is 2.45. The van der Waals surface area contributed by atoms with Gasteiger partial charge in [0.15, 0.2) is 5.78 Å². The molecular formula is C13H17ClF3NO5S. The molecule has 1 rings (SSSR count). The van der Waals surface area contributed by atoms with Crippen molar-refractivity contribution >= 4 is 27.5 Å². The molecule has 138 valence electrons. The van der Waals surface area contributed by atoms with E-state index in [-0.39, 0.29) is 11.7 Å². The number of nitrogens with zero attached hydrogens (tertiary/aromatic N) is 1. The molecule has 0 spiro atoms. The fourth-order valence-electron chi connectivity index (χ4n) is 1.16. The van der Waals surface area contributed by atoms with Gasteiger partial charge in [0.2, 0.25) is 0 Å². The minimum absolute atomic E-state index is 0.0147. The highest BCUT2D eigenvalue weighted by atomic mass is 35.5. The Bertz CT molecular complexity index is 617. The molecule has 0 amide bonds. The molecule has 0 saturated heterocycles. The summed E-state index contributed by atoms with van der Waals surface area (Å²) >= 11 is 5.46. The Labute approximate surface area is 142 Å². The number of halogens is 4. The minimum Gasteiger partial charge on any atom is -0.492 e. The molecule has 0 aliphatic rings. The van der Waals surface area contributed by atoms with Gasteiger partial charge in [0, 0.05) is 12.1 Å². The van der Waals surface area contributed by atoms with Gasteiger partial charge in [0.05, 0.1) is 5.88 Å². The number of likely N-dealkylation sites (N-methyl/N-ethyl adjacent to an activating group) is 1. The van der Waals surface area contributed by atoms with Crippen molar-refractivity contribution in [2.75, 3.05) is 33.1 Å². The summed E-state index contributed by atoms with van der Waals surface area (Å²) in [4.78, 5) is 13.3. The second kappa shape index (κ2) is 9.82. The summed E-state index contributed by atoms with van der Waals surface area (Å²) in [6.07, 6.45) is 0. The maximum atomic E-state index is 11.2. The van der Waals surface area contributed by atoms with Crippen LogP contribution in [0.1, 0.15) is 10.4 Å². The minimum atomic E-state index is -5.84. The summed E-state index contributed by atoms with van der Waals surface area (Å²) in [5.74, 6) is 0.718. The van der Waals surface area contributed by atoms with Crippen molar-refractivity contribution in [3.05, 3.63) is 29.8 Å². The van der Waals surface area contributed by atoms with E-state index in [1.807, 2.05) is 19.0 Å². The van der Waals surface area contributed by atoms with Gasteiger partial charge in [0.25, 0.3) is 0 Å². The predicted molar refractivity (Wildman–Crippen MR) is 83.1 cm³/mol. The van der Waals surface area contributed by atoms with Crippen LogP contribution in [0.15, 0.2) is 24.3 Å². The number of Topliss-reactive ketones (excluding diaryl/α,β-unsaturated/α-hetero) is 1. The smallest absolute Gasteiger partial charge is 0.492 e. The molecule has 24 heavy (non-hydrogen) atoms. The second-order valence-corrected chi connectivity index (χ2v) is 6.33. The summed E-state index contributed by atoms with van der Waals surface area (Å²) < 4.78 is 63.0. The highest BCUT2D eigenvalue weighted by Crippen LogP contribution is 2.20. The molecule has 0 radical (unpaired) electrons. The lowest BCUT2D eigenvalue weighted by Gasteiger charge is -2.11. The topological polar surface area (TPSA) is 83.9 Å². The summed E-state index contributed by atoms with van der Waals surface area (Å²) in [6, 6.07) is 7.04. The van der Waals surface area contributed by atoms with Crippen LogP contribution in [0.25, 0.3) is 0 Å². The molecule has 0 unspecified atom stereocenters. The Morgan fingerprint density at radius 3 is 2.04 bits per heavy atom. The molecule has 0 heterocycles. The van der Waals surface area contributed by atoms with Crippen LogP contribution in [-0.4, -0.2) is 62.3 Å². The number of hydrogen-bond donors (Lipinski definition) is 1. The molecule has 6 nitrogen and oxygen atoms in total. The van der Waals surface area contributed by atoms with E-state index in [0.29, 0.717) is 12.2 Å². The molecule has 1 aromatic rings. The van der Waals surface area contributed by atoms with Crippen LogP contribution in [-0.2, 0) is 10.1 Å². The fourth-order valence-corrected chi connectivity index (χ4v) is 1.31. The molecule has 0 aromatic heterocycles. The van der Waals surface area contributed by atoms with E-state index in [4.69, 9.17) is 29.3 Å². The van der Waals surface area contributed by atoms with Crippen LogP contribution in [0.5, 0.6) is 5.75 Å². The number of ketones is 1. The molecule has 0 bridgehead atoms. The molecule has 1 N–H and O–H groups in total. The molecule has 0 atom stereocenters. The lowest BCUT2D eigenvalue weighted by atomic mass is 10.1. The van der Waals surface area contributed by atoms with Crippen LogP contribution in [0, 0.1) is 0 Å². The Kier molecular flexibility index (Phi) is 9.26. The number of carbonyl (C=O) groups excluding carboxylic acids is 1. The third kappa shape index (κ3) is 9.06. The van der Waals surface area contributed by atoms with Gasteiger partial charge in [-0.15, -0.1) is 11.6 Å². The number of benzene rings is 1. The largest absolute Gasteiger partial charge is 0.522 e. The summed E-state index contributed by atoms with van der Waals surface area (Å²) in [6.45, 7) is 1.50. The quantitative estimate of drug-likeness (QED) is 0.347. The predicted octanol–water partition coefficient (Wildman–Crippen LogP) is 2.44. The van der Waals surface area contributed by atoms with Gasteiger partial charge in [-0.05, 0) is 38.4 Å². The van der Waals surface area contributed by atoms with Crippen molar-refractivity contribution in [1.82, 2.24) is 4.90 Å². The van der Waals surface area contributed by atoms with Crippen LogP contribution in [0.4, 0.5) is 13.2 Å². The van der Waals surface area contributed by atoms with Crippen LogP contribution in [0.3, 0.4) is 0 Å². The standard InChI is InChI=1S/C12H16ClNO2.CHF3O3S/c1-14(2)7-8-16-11-5-3-10(4-6-11)12(15)9-13;2-1(3,4)8(5,6)7/h3-6H,7-9H2,1-2H3;(H,5,6,7). The lowest BCUT2D eigenvalue weighted by molar-refractivity contribution is -0.0510. The SMILES string of the molecule is CN(C)CCOc1ccc(C(=O)CCl)cc1.O=S(=O)(O)C(F)(F)F. The van der Waals surface area contributed by atoms with Crippen LogP contribution >= 0.6 is 11.6 Å². The first-order chi connectivity index (χ1) is 10.9. The van der Waals surface area contributed by atoms with Crippen LogP contribution < -0.4 is 4.74 Å². The van der Waals surface area contributed by atoms with Crippen LogP contribution in [0.2, 0.25) is 0 Å². The first-order valence-electron chi connectivity index (χ1n) is 6.39. The molecular weight excluding hydrogens is 375 g/mol. The fraction of sp³-hybridized carbons (Fsp3) is 0.462. The van der Waals surface area contributed by atoms with Crippen molar-refractivity contribution < 1.29 is 35.7 Å². The van der Waals surface area contributed by atoms with Gasteiger partial charge < -0.3 is 9.64 Å². The zero-order chi connectivity index (χ0) is 19.0. The first-order valence-corrected chi connectivity index (χ1v) is 8.36. The van der Waals surface area contributed by atoms with E-state index >= 15 is 0 Å². The summed E-state index contributed by atoms with van der Waals surface area (Å²) in [5, 5.41) is 0. The Morgan fingerprint density at radius 1 is 1.25 bits per heavy atom. The van der Waals surface area contributed by atoms with E-state index in [1.54, 1.807) is 24.3 Å². The van der Waals surface area contributed by atoms with Crippen molar-refractivity contribution in [3.63, 3.8) is 0 Å². The van der Waals surface area contributed by atoms with Gasteiger partial charge in [-0.2, -0.15) is 21.6 Å². The Morgan fingerprint density at radius 2 is 1.71 bits per heavy atom. The van der Waals surface area contributed by atoms with E-state index < -0.39 is 15.6 Å². The number of alkyl halides is 4. The highest BCUT2D eigenvalue weighted by molar-refractivity contribution is 7.86. The number of ether oxygens (including phenoxy) is 1. The van der Waals surface area contributed by atoms with Gasteiger partial charge in [-0.1, -0.05) is 0 Å². The molecule has 0 saturated carbocycles. The van der Waals surface area contributed by atoms with Crippen molar-refractivity contribution in [2.45, 2.75) is 5.51 Å². The lowest BCUT2D eigenvalue weighted by Crippen LogP contribution is -2.21. The zero-order valence-electron chi connectivity index (χ0n) is 12.9. The number of rotatable bonds is 6. The number of carbonyl (C=O) groups is 1. The Hall–Kier alpha value is -1.36. The number of hydrogen-bond acceptors (Lipinski definition) is 5. The third-order valence-corrected chi connectivity index (χ3v) is 3.23. The van der Waals surface area contributed by atoms with Crippen molar-refractivity contribution in [1.29, 1.82) is 0 Å².